The Hall–Kier alpha value is -0.250. The Bertz CT molecular complexity index is 463. The lowest BCUT2D eigenvalue weighted by Gasteiger charge is -2.24. The molecule has 0 bridgehead atoms. The summed E-state index contributed by atoms with van der Waals surface area (Å²) in [5.74, 6) is 0.00954. The number of benzene rings is 1. The number of hydrogen-bond acceptors (Lipinski definition) is 1. The summed E-state index contributed by atoms with van der Waals surface area (Å²) in [4.78, 5) is 11.9. The van der Waals surface area contributed by atoms with Crippen LogP contribution in [0.3, 0.4) is 0 Å². The van der Waals surface area contributed by atoms with Crippen LogP contribution < -0.4 is 5.32 Å². The van der Waals surface area contributed by atoms with Crippen molar-refractivity contribution >= 4 is 45.0 Å². The molecule has 0 aliphatic rings. The first-order valence-electron chi connectivity index (χ1n) is 6.61. The van der Waals surface area contributed by atoms with Gasteiger partial charge in [-0.3, -0.25) is 4.79 Å². The number of carbonyl (C=O) groups is 1. The third kappa shape index (κ3) is 6.47. The number of nitrogens with one attached hydrogen (secondary N) is 1. The maximum atomic E-state index is 11.9. The SMILES string of the molecule is CC(C)(CCCBr)CNC(=O)Cc1ccc(Cl)c(Cl)c1. The van der Waals surface area contributed by atoms with Gasteiger partial charge in [-0.05, 0) is 36.0 Å². The van der Waals surface area contributed by atoms with Crippen molar-refractivity contribution in [3.05, 3.63) is 33.8 Å². The molecule has 0 aliphatic carbocycles. The minimum Gasteiger partial charge on any atom is -0.355 e. The zero-order valence-electron chi connectivity index (χ0n) is 11.8. The van der Waals surface area contributed by atoms with Crippen molar-refractivity contribution in [2.45, 2.75) is 33.1 Å². The predicted octanol–water partition coefficient (Wildman–Crippen LogP) is 4.85. The summed E-state index contributed by atoms with van der Waals surface area (Å²) < 4.78 is 0. The maximum Gasteiger partial charge on any atom is 0.224 e. The topological polar surface area (TPSA) is 29.1 Å². The molecule has 2 nitrogen and oxygen atoms in total. The van der Waals surface area contributed by atoms with Crippen LogP contribution in [0.5, 0.6) is 0 Å². The van der Waals surface area contributed by atoms with Crippen LogP contribution in [0.2, 0.25) is 10.0 Å². The molecule has 5 heteroatoms. The molecule has 0 unspecified atom stereocenters. The number of carbonyl (C=O) groups excluding carboxylic acids is 1. The molecule has 0 radical (unpaired) electrons. The van der Waals surface area contributed by atoms with E-state index in [4.69, 9.17) is 23.2 Å². The maximum absolute atomic E-state index is 11.9. The number of alkyl halides is 1. The molecule has 0 fully saturated rings. The Morgan fingerprint density at radius 3 is 2.60 bits per heavy atom. The molecule has 1 rings (SSSR count). The van der Waals surface area contributed by atoms with Crippen LogP contribution in [0, 0.1) is 5.41 Å². The van der Waals surface area contributed by atoms with E-state index in [1.807, 2.05) is 6.07 Å². The fraction of sp³-hybridized carbons (Fsp3) is 0.533. The van der Waals surface area contributed by atoms with E-state index in [0.29, 0.717) is 23.0 Å². The van der Waals surface area contributed by atoms with Gasteiger partial charge < -0.3 is 5.32 Å². The van der Waals surface area contributed by atoms with Gasteiger partial charge in [0.1, 0.15) is 0 Å². The number of hydrogen-bond donors (Lipinski definition) is 1. The first-order chi connectivity index (χ1) is 9.34. The van der Waals surface area contributed by atoms with Crippen molar-refractivity contribution in [3.63, 3.8) is 0 Å². The highest BCUT2D eigenvalue weighted by Gasteiger charge is 2.18. The summed E-state index contributed by atoms with van der Waals surface area (Å²) in [6.07, 6.45) is 2.51. The number of halogens is 3. The van der Waals surface area contributed by atoms with Crippen molar-refractivity contribution in [1.29, 1.82) is 0 Å². The van der Waals surface area contributed by atoms with E-state index >= 15 is 0 Å². The molecular weight excluding hydrogens is 361 g/mol. The smallest absolute Gasteiger partial charge is 0.224 e. The van der Waals surface area contributed by atoms with E-state index in [1.165, 1.54) is 0 Å². The average Bonchev–Trinajstić information content (AvgIpc) is 2.39. The molecule has 0 atom stereocenters. The normalized spacial score (nSPS) is 11.4. The molecule has 0 saturated carbocycles. The van der Waals surface area contributed by atoms with Crippen LogP contribution in [0.25, 0.3) is 0 Å². The van der Waals surface area contributed by atoms with Gasteiger partial charge in [-0.25, -0.2) is 0 Å². The molecule has 1 aromatic rings. The molecule has 0 heterocycles. The Labute approximate surface area is 139 Å². The van der Waals surface area contributed by atoms with Crippen LogP contribution in [0.4, 0.5) is 0 Å². The largest absolute Gasteiger partial charge is 0.355 e. The van der Waals surface area contributed by atoms with E-state index < -0.39 is 0 Å². The third-order valence-corrected chi connectivity index (χ3v) is 4.40. The molecule has 1 amide bonds. The second kappa shape index (κ2) is 8.26. The van der Waals surface area contributed by atoms with Gasteiger partial charge in [0, 0.05) is 11.9 Å². The zero-order valence-corrected chi connectivity index (χ0v) is 14.9. The molecule has 112 valence electrons. The lowest BCUT2D eigenvalue weighted by molar-refractivity contribution is -0.120. The summed E-state index contributed by atoms with van der Waals surface area (Å²) in [6.45, 7) is 5.00. The monoisotopic (exact) mass is 379 g/mol. The first kappa shape index (κ1) is 17.8. The highest BCUT2D eigenvalue weighted by Crippen LogP contribution is 2.23. The van der Waals surface area contributed by atoms with Crippen molar-refractivity contribution in [1.82, 2.24) is 5.32 Å². The molecule has 0 spiro atoms. The second-order valence-corrected chi connectivity index (χ2v) is 7.27. The van der Waals surface area contributed by atoms with Crippen LogP contribution >= 0.6 is 39.1 Å². The summed E-state index contributed by atoms with van der Waals surface area (Å²) >= 11 is 15.2. The Kier molecular flexibility index (Phi) is 7.35. The van der Waals surface area contributed by atoms with E-state index in [-0.39, 0.29) is 11.3 Å². The van der Waals surface area contributed by atoms with Gasteiger partial charge in [0.2, 0.25) is 5.91 Å². The number of rotatable bonds is 7. The van der Waals surface area contributed by atoms with E-state index in [9.17, 15) is 4.79 Å². The highest BCUT2D eigenvalue weighted by atomic mass is 79.9. The van der Waals surface area contributed by atoms with Gasteiger partial charge in [0.25, 0.3) is 0 Å². The third-order valence-electron chi connectivity index (χ3n) is 3.10. The summed E-state index contributed by atoms with van der Waals surface area (Å²) in [6, 6.07) is 5.27. The highest BCUT2D eigenvalue weighted by molar-refractivity contribution is 9.09. The summed E-state index contributed by atoms with van der Waals surface area (Å²) in [5.41, 5.74) is 0.983. The lowest BCUT2D eigenvalue weighted by Crippen LogP contribution is -2.34. The second-order valence-electron chi connectivity index (χ2n) is 5.66. The van der Waals surface area contributed by atoms with Gasteiger partial charge in [-0.15, -0.1) is 0 Å². The van der Waals surface area contributed by atoms with Crippen LogP contribution in [0.15, 0.2) is 18.2 Å². The molecular formula is C15H20BrCl2NO. The lowest BCUT2D eigenvalue weighted by atomic mass is 9.88. The van der Waals surface area contributed by atoms with Crippen LogP contribution in [-0.4, -0.2) is 17.8 Å². The van der Waals surface area contributed by atoms with Crippen molar-refractivity contribution in [2.24, 2.45) is 5.41 Å². The number of amides is 1. The zero-order chi connectivity index (χ0) is 15.2. The van der Waals surface area contributed by atoms with E-state index in [2.05, 4.69) is 35.1 Å². The molecule has 20 heavy (non-hydrogen) atoms. The van der Waals surface area contributed by atoms with Crippen LogP contribution in [0.1, 0.15) is 32.3 Å². The van der Waals surface area contributed by atoms with Gasteiger partial charge in [0.05, 0.1) is 16.5 Å². The summed E-state index contributed by atoms with van der Waals surface area (Å²) in [7, 11) is 0. The minimum atomic E-state index is 0.00954. The summed E-state index contributed by atoms with van der Waals surface area (Å²) in [5, 5.41) is 4.97. The fourth-order valence-corrected chi connectivity index (χ4v) is 2.47. The first-order valence-corrected chi connectivity index (χ1v) is 8.48. The predicted molar refractivity (Wildman–Crippen MR) is 90.0 cm³/mol. The van der Waals surface area contributed by atoms with Crippen molar-refractivity contribution < 1.29 is 4.79 Å². The van der Waals surface area contributed by atoms with Gasteiger partial charge in [-0.1, -0.05) is 59.0 Å². The fourth-order valence-electron chi connectivity index (χ4n) is 1.87. The van der Waals surface area contributed by atoms with Crippen molar-refractivity contribution in [3.8, 4) is 0 Å². The van der Waals surface area contributed by atoms with Gasteiger partial charge >= 0.3 is 0 Å². The molecule has 0 saturated heterocycles. The Balaban J connectivity index is 2.45. The van der Waals surface area contributed by atoms with E-state index in [0.717, 1.165) is 23.7 Å². The average molecular weight is 381 g/mol. The quantitative estimate of drug-likeness (QED) is 0.672. The van der Waals surface area contributed by atoms with Crippen LogP contribution in [-0.2, 0) is 11.2 Å². The molecule has 1 aromatic carbocycles. The molecule has 0 aromatic heterocycles. The molecule has 1 N–H and O–H groups in total. The Morgan fingerprint density at radius 2 is 2.00 bits per heavy atom. The Morgan fingerprint density at radius 1 is 1.30 bits per heavy atom. The minimum absolute atomic E-state index is 0.00954. The van der Waals surface area contributed by atoms with E-state index in [1.54, 1.807) is 12.1 Å². The molecule has 0 aliphatic heterocycles. The van der Waals surface area contributed by atoms with Crippen molar-refractivity contribution in [2.75, 3.05) is 11.9 Å². The van der Waals surface area contributed by atoms with Gasteiger partial charge in [-0.2, -0.15) is 0 Å². The standard InChI is InChI=1S/C15H20BrCl2NO/c1-15(2,6-3-7-16)10-19-14(20)9-11-4-5-12(17)13(18)8-11/h4-5,8H,3,6-7,9-10H2,1-2H3,(H,19,20). The van der Waals surface area contributed by atoms with Gasteiger partial charge in [0.15, 0.2) is 0 Å².